The number of carbonyl (C=O) groups is 2. The number of amides is 1. The monoisotopic (exact) mass is 285 g/mol. The van der Waals surface area contributed by atoms with Crippen molar-refractivity contribution in [2.75, 3.05) is 0 Å². The van der Waals surface area contributed by atoms with E-state index in [2.05, 4.69) is 5.32 Å². The van der Waals surface area contributed by atoms with Crippen molar-refractivity contribution in [3.8, 4) is 0 Å². The minimum Gasteiger partial charge on any atom is -0.343 e. The highest BCUT2D eigenvalue weighted by atomic mass is 35.5. The Morgan fingerprint density at radius 1 is 1.22 bits per heavy atom. The van der Waals surface area contributed by atoms with E-state index in [9.17, 15) is 9.59 Å². The first-order valence-corrected chi connectivity index (χ1v) is 6.31. The zero-order valence-corrected chi connectivity index (χ0v) is 11.8. The second-order valence-electron chi connectivity index (χ2n) is 5.03. The summed E-state index contributed by atoms with van der Waals surface area (Å²) in [4.78, 5) is 24.2. The van der Waals surface area contributed by atoms with Crippen LogP contribution in [0.25, 0.3) is 0 Å². The van der Waals surface area contributed by atoms with Gasteiger partial charge in [-0.25, -0.2) is 0 Å². The van der Waals surface area contributed by atoms with Crippen molar-refractivity contribution < 1.29 is 9.59 Å². The molecule has 18 heavy (non-hydrogen) atoms. The third kappa shape index (κ3) is 2.02. The molecule has 2 rings (SSSR count). The maximum atomic E-state index is 12.3. The number of ketones is 1. The standard InChI is InChI=1S/C13H13Cl2NO2/c1-6-4-7(14)5-8(15)9(6)10-11(17)13(2,3)16-12(10)18/h4-5,10H,1-3H3,(H,16,18). The zero-order chi connectivity index (χ0) is 13.7. The van der Waals surface area contributed by atoms with Crippen LogP contribution >= 0.6 is 23.2 Å². The first-order chi connectivity index (χ1) is 8.24. The molecule has 1 amide bonds. The van der Waals surface area contributed by atoms with Crippen molar-refractivity contribution in [3.63, 3.8) is 0 Å². The fourth-order valence-electron chi connectivity index (χ4n) is 2.26. The summed E-state index contributed by atoms with van der Waals surface area (Å²) in [5.74, 6) is -1.32. The fourth-order valence-corrected chi connectivity index (χ4v) is 2.97. The number of benzene rings is 1. The molecule has 1 N–H and O–H groups in total. The lowest BCUT2D eigenvalue weighted by molar-refractivity contribution is -0.125. The summed E-state index contributed by atoms with van der Waals surface area (Å²) < 4.78 is 0. The number of hydrogen-bond donors (Lipinski definition) is 1. The van der Waals surface area contributed by atoms with Gasteiger partial charge in [-0.3, -0.25) is 9.59 Å². The van der Waals surface area contributed by atoms with E-state index in [1.165, 1.54) is 0 Å². The van der Waals surface area contributed by atoms with Crippen LogP contribution < -0.4 is 5.32 Å². The van der Waals surface area contributed by atoms with Crippen LogP contribution in [0.2, 0.25) is 10.0 Å². The van der Waals surface area contributed by atoms with Crippen molar-refractivity contribution >= 4 is 34.9 Å². The predicted octanol–water partition coefficient (Wildman–Crippen LogP) is 2.86. The minimum absolute atomic E-state index is 0.167. The van der Waals surface area contributed by atoms with Crippen LogP contribution in [0.3, 0.4) is 0 Å². The van der Waals surface area contributed by atoms with Crippen LogP contribution in [-0.2, 0) is 9.59 Å². The van der Waals surface area contributed by atoms with Gasteiger partial charge in [0.05, 0.1) is 5.54 Å². The number of Topliss-reactive ketones (excluding diaryl/α,β-unsaturated/α-hetero) is 1. The lowest BCUT2D eigenvalue weighted by atomic mass is 9.87. The van der Waals surface area contributed by atoms with Crippen LogP contribution in [-0.4, -0.2) is 17.2 Å². The summed E-state index contributed by atoms with van der Waals surface area (Å²) in [6, 6.07) is 3.26. The fraction of sp³-hybridized carbons (Fsp3) is 0.385. The topological polar surface area (TPSA) is 46.2 Å². The van der Waals surface area contributed by atoms with E-state index in [1.54, 1.807) is 32.9 Å². The third-order valence-electron chi connectivity index (χ3n) is 3.17. The molecule has 1 aliphatic rings. The molecule has 1 fully saturated rings. The second-order valence-corrected chi connectivity index (χ2v) is 5.87. The molecular weight excluding hydrogens is 273 g/mol. The predicted molar refractivity (Wildman–Crippen MR) is 71.2 cm³/mol. The Bertz CT molecular complexity index is 529. The van der Waals surface area contributed by atoms with Gasteiger partial charge in [0.25, 0.3) is 0 Å². The second kappa shape index (κ2) is 4.25. The van der Waals surface area contributed by atoms with Crippen LogP contribution in [0, 0.1) is 6.92 Å². The molecular formula is C13H13Cl2NO2. The van der Waals surface area contributed by atoms with E-state index in [4.69, 9.17) is 23.2 Å². The first kappa shape index (κ1) is 13.4. The number of hydrogen-bond acceptors (Lipinski definition) is 2. The van der Waals surface area contributed by atoms with Gasteiger partial charge in [0.2, 0.25) is 5.91 Å². The Morgan fingerprint density at radius 2 is 1.83 bits per heavy atom. The van der Waals surface area contributed by atoms with Gasteiger partial charge in [0.1, 0.15) is 5.92 Å². The Kier molecular flexibility index (Phi) is 3.16. The molecule has 3 nitrogen and oxygen atoms in total. The maximum Gasteiger partial charge on any atom is 0.236 e. The van der Waals surface area contributed by atoms with E-state index >= 15 is 0 Å². The van der Waals surface area contributed by atoms with Crippen molar-refractivity contribution in [2.45, 2.75) is 32.2 Å². The van der Waals surface area contributed by atoms with Gasteiger partial charge in [0, 0.05) is 10.0 Å². The van der Waals surface area contributed by atoms with Crippen LogP contribution in [0.15, 0.2) is 12.1 Å². The molecule has 0 radical (unpaired) electrons. The van der Waals surface area contributed by atoms with E-state index in [0.29, 0.717) is 15.6 Å². The van der Waals surface area contributed by atoms with Gasteiger partial charge in [0.15, 0.2) is 5.78 Å². The zero-order valence-electron chi connectivity index (χ0n) is 10.3. The van der Waals surface area contributed by atoms with Crippen LogP contribution in [0.4, 0.5) is 0 Å². The Hall–Kier alpha value is -1.06. The molecule has 0 spiro atoms. The van der Waals surface area contributed by atoms with Crippen molar-refractivity contribution in [1.82, 2.24) is 5.32 Å². The molecule has 0 saturated carbocycles. The Labute approximate surface area is 115 Å². The number of aryl methyl sites for hydroxylation is 1. The third-order valence-corrected chi connectivity index (χ3v) is 3.70. The summed E-state index contributed by atoms with van der Waals surface area (Å²) in [5.41, 5.74) is 0.449. The SMILES string of the molecule is Cc1cc(Cl)cc(Cl)c1C1C(=O)NC(C)(C)C1=O. The van der Waals surface area contributed by atoms with Crippen LogP contribution in [0.5, 0.6) is 0 Å². The van der Waals surface area contributed by atoms with Gasteiger partial charge in [-0.05, 0) is 44.0 Å². The maximum absolute atomic E-state index is 12.3. The average molecular weight is 286 g/mol. The molecule has 96 valence electrons. The largest absolute Gasteiger partial charge is 0.343 e. The molecule has 0 aromatic heterocycles. The number of rotatable bonds is 1. The van der Waals surface area contributed by atoms with Gasteiger partial charge in [-0.15, -0.1) is 0 Å². The van der Waals surface area contributed by atoms with Crippen molar-refractivity contribution in [1.29, 1.82) is 0 Å². The molecule has 1 saturated heterocycles. The van der Waals surface area contributed by atoms with Gasteiger partial charge in [-0.1, -0.05) is 23.2 Å². The van der Waals surface area contributed by atoms with Crippen LogP contribution in [0.1, 0.15) is 30.9 Å². The van der Waals surface area contributed by atoms with E-state index in [-0.39, 0.29) is 11.7 Å². The lowest BCUT2D eigenvalue weighted by Gasteiger charge is -2.16. The van der Waals surface area contributed by atoms with Gasteiger partial charge in [-0.2, -0.15) is 0 Å². The molecule has 5 heteroatoms. The molecule has 1 aromatic carbocycles. The minimum atomic E-state index is -0.850. The molecule has 1 aromatic rings. The lowest BCUT2D eigenvalue weighted by Crippen LogP contribution is -2.39. The Balaban J connectivity index is 2.57. The highest BCUT2D eigenvalue weighted by molar-refractivity contribution is 6.36. The molecule has 0 bridgehead atoms. The molecule has 0 aliphatic carbocycles. The number of halogens is 2. The van der Waals surface area contributed by atoms with Gasteiger partial charge < -0.3 is 5.32 Å². The molecule has 1 unspecified atom stereocenters. The summed E-state index contributed by atoms with van der Waals surface area (Å²) in [6.45, 7) is 5.16. The van der Waals surface area contributed by atoms with E-state index in [0.717, 1.165) is 5.56 Å². The number of nitrogens with one attached hydrogen (secondary N) is 1. The van der Waals surface area contributed by atoms with E-state index in [1.807, 2.05) is 0 Å². The molecule has 1 atom stereocenters. The van der Waals surface area contributed by atoms with E-state index < -0.39 is 11.5 Å². The normalized spacial score (nSPS) is 22.2. The molecule has 1 heterocycles. The molecule has 1 aliphatic heterocycles. The highest BCUT2D eigenvalue weighted by Gasteiger charge is 2.48. The number of carbonyl (C=O) groups excluding carboxylic acids is 2. The smallest absolute Gasteiger partial charge is 0.236 e. The highest BCUT2D eigenvalue weighted by Crippen LogP contribution is 2.36. The summed E-state index contributed by atoms with van der Waals surface area (Å²) >= 11 is 12.0. The summed E-state index contributed by atoms with van der Waals surface area (Å²) in [6.07, 6.45) is 0. The summed E-state index contributed by atoms with van der Waals surface area (Å²) in [7, 11) is 0. The van der Waals surface area contributed by atoms with Gasteiger partial charge >= 0.3 is 0 Å². The summed E-state index contributed by atoms with van der Waals surface area (Å²) in [5, 5.41) is 3.53. The van der Waals surface area contributed by atoms with Crippen molar-refractivity contribution in [2.24, 2.45) is 0 Å². The van der Waals surface area contributed by atoms with Crippen molar-refractivity contribution in [3.05, 3.63) is 33.3 Å². The quantitative estimate of drug-likeness (QED) is 0.807. The Morgan fingerprint density at radius 3 is 2.28 bits per heavy atom. The average Bonchev–Trinajstić information content (AvgIpc) is 2.38. The first-order valence-electron chi connectivity index (χ1n) is 5.56.